The summed E-state index contributed by atoms with van der Waals surface area (Å²) in [5, 5.41) is 0. The monoisotopic (exact) mass is 264 g/mol. The molecule has 1 unspecified atom stereocenters. The van der Waals surface area contributed by atoms with Crippen molar-refractivity contribution >= 4 is 0 Å². The van der Waals surface area contributed by atoms with Gasteiger partial charge in [0.25, 0.3) is 0 Å². The van der Waals surface area contributed by atoms with Crippen LogP contribution in [0.15, 0.2) is 34.7 Å². The van der Waals surface area contributed by atoms with Crippen molar-refractivity contribution in [2.75, 3.05) is 7.11 Å². The Morgan fingerprint density at radius 3 is 2.74 bits per heavy atom. The number of nitrogens with two attached hydrogens (primary N) is 1. The molecule has 1 atom stereocenters. The number of hydrogen-bond donors (Lipinski definition) is 2. The molecule has 4 nitrogen and oxygen atoms in total. The molecule has 0 aliphatic rings. The van der Waals surface area contributed by atoms with Crippen LogP contribution in [0.3, 0.4) is 0 Å². The number of nitrogens with one attached hydrogen (secondary N) is 1. The van der Waals surface area contributed by atoms with Gasteiger partial charge in [-0.15, -0.1) is 0 Å². The number of aryl methyl sites for hydroxylation is 1. The Balaban J connectivity index is 2.23. The summed E-state index contributed by atoms with van der Waals surface area (Å²) in [7, 11) is 1.44. The van der Waals surface area contributed by atoms with E-state index in [-0.39, 0.29) is 17.6 Å². The number of hydrazine groups is 1. The second-order valence-corrected chi connectivity index (χ2v) is 4.31. The average Bonchev–Trinajstić information content (AvgIpc) is 2.84. The molecule has 0 spiro atoms. The zero-order chi connectivity index (χ0) is 13.8. The Kier molecular flexibility index (Phi) is 4.19. The maximum atomic E-state index is 14.1. The van der Waals surface area contributed by atoms with Gasteiger partial charge in [0.05, 0.1) is 13.2 Å². The molecule has 102 valence electrons. The molecule has 2 rings (SSSR count). The first-order valence-corrected chi connectivity index (χ1v) is 5.99. The minimum absolute atomic E-state index is 0.226. The molecule has 3 N–H and O–H groups in total. The molecule has 0 aliphatic carbocycles. The van der Waals surface area contributed by atoms with Gasteiger partial charge in [0, 0.05) is 0 Å². The number of halogens is 1. The molecular formula is C14H17FN2O2. The van der Waals surface area contributed by atoms with Gasteiger partial charge in [0.15, 0.2) is 11.6 Å². The van der Waals surface area contributed by atoms with Gasteiger partial charge in [-0.05, 0) is 37.1 Å². The number of benzene rings is 1. The zero-order valence-electron chi connectivity index (χ0n) is 10.9. The van der Waals surface area contributed by atoms with Crippen LogP contribution in [0, 0.1) is 12.7 Å². The van der Waals surface area contributed by atoms with E-state index in [2.05, 4.69) is 5.43 Å². The number of ether oxygens (including phenoxy) is 1. The molecule has 5 heteroatoms. The van der Waals surface area contributed by atoms with Gasteiger partial charge in [-0.1, -0.05) is 12.1 Å². The summed E-state index contributed by atoms with van der Waals surface area (Å²) in [4.78, 5) is 0. The predicted octanol–water partition coefficient (Wildman–Crippen LogP) is 2.48. The maximum absolute atomic E-state index is 14.1. The molecule has 0 amide bonds. The summed E-state index contributed by atoms with van der Waals surface area (Å²) in [5.74, 6) is 6.85. The first kappa shape index (κ1) is 13.6. The molecule has 19 heavy (non-hydrogen) atoms. The van der Waals surface area contributed by atoms with Gasteiger partial charge in [-0.25, -0.2) is 9.82 Å². The topological polar surface area (TPSA) is 60.4 Å². The molecule has 0 radical (unpaired) electrons. The molecule has 1 heterocycles. The van der Waals surface area contributed by atoms with Crippen LogP contribution < -0.4 is 16.0 Å². The molecule has 0 fully saturated rings. The third-order valence-corrected chi connectivity index (χ3v) is 2.99. The number of furan rings is 1. The number of methoxy groups -OCH3 is 1. The summed E-state index contributed by atoms with van der Waals surface area (Å²) in [6.07, 6.45) is 0.381. The van der Waals surface area contributed by atoms with Crippen LogP contribution in [0.1, 0.15) is 23.1 Å². The number of hydrogen-bond acceptors (Lipinski definition) is 4. The van der Waals surface area contributed by atoms with E-state index in [1.807, 2.05) is 19.1 Å². The van der Waals surface area contributed by atoms with Crippen molar-refractivity contribution in [2.45, 2.75) is 19.4 Å². The molecule has 2 aromatic rings. The predicted molar refractivity (Wildman–Crippen MR) is 70.2 cm³/mol. The smallest absolute Gasteiger partial charge is 0.168 e. The Hall–Kier alpha value is -1.85. The van der Waals surface area contributed by atoms with Gasteiger partial charge in [0.1, 0.15) is 11.5 Å². The summed E-state index contributed by atoms with van der Waals surface area (Å²) >= 11 is 0. The highest BCUT2D eigenvalue weighted by Gasteiger charge is 2.17. The lowest BCUT2D eigenvalue weighted by Gasteiger charge is -2.15. The summed E-state index contributed by atoms with van der Waals surface area (Å²) < 4.78 is 24.5. The Morgan fingerprint density at radius 2 is 2.16 bits per heavy atom. The van der Waals surface area contributed by atoms with Crippen molar-refractivity contribution in [1.82, 2.24) is 5.43 Å². The lowest BCUT2D eigenvalue weighted by atomic mass is 10.0. The van der Waals surface area contributed by atoms with Crippen LogP contribution in [-0.2, 0) is 6.42 Å². The highest BCUT2D eigenvalue weighted by atomic mass is 19.1. The first-order valence-electron chi connectivity index (χ1n) is 5.99. The van der Waals surface area contributed by atoms with Gasteiger partial charge >= 0.3 is 0 Å². The lowest BCUT2D eigenvalue weighted by molar-refractivity contribution is 0.376. The molecule has 0 saturated carbocycles. The third-order valence-electron chi connectivity index (χ3n) is 2.99. The molecule has 0 bridgehead atoms. The highest BCUT2D eigenvalue weighted by molar-refractivity contribution is 5.32. The van der Waals surface area contributed by atoms with Crippen molar-refractivity contribution in [1.29, 1.82) is 0 Å². The number of rotatable bonds is 5. The minimum atomic E-state index is -0.367. The van der Waals surface area contributed by atoms with Crippen LogP contribution in [0.25, 0.3) is 0 Å². The van der Waals surface area contributed by atoms with E-state index in [1.54, 1.807) is 18.2 Å². The van der Waals surface area contributed by atoms with E-state index in [9.17, 15) is 4.39 Å². The normalized spacial score (nSPS) is 12.4. The molecule has 0 saturated heterocycles. The van der Waals surface area contributed by atoms with E-state index in [1.165, 1.54) is 7.11 Å². The summed E-state index contributed by atoms with van der Waals surface area (Å²) in [6, 6.07) is 8.44. The minimum Gasteiger partial charge on any atom is -0.494 e. The van der Waals surface area contributed by atoms with Gasteiger partial charge in [-0.3, -0.25) is 5.84 Å². The second-order valence-electron chi connectivity index (χ2n) is 4.31. The van der Waals surface area contributed by atoms with Gasteiger partial charge in [0.2, 0.25) is 0 Å². The van der Waals surface area contributed by atoms with Crippen LogP contribution in [0.5, 0.6) is 5.75 Å². The average molecular weight is 264 g/mol. The lowest BCUT2D eigenvalue weighted by Crippen LogP contribution is -2.29. The van der Waals surface area contributed by atoms with E-state index in [0.29, 0.717) is 17.7 Å². The molecule has 1 aromatic heterocycles. The molecular weight excluding hydrogens is 247 g/mol. The third kappa shape index (κ3) is 2.94. The Morgan fingerprint density at radius 1 is 1.37 bits per heavy atom. The SMILES string of the molecule is COc1cccc(CC(NN)c2ccc(C)o2)c1F. The van der Waals surface area contributed by atoms with Crippen molar-refractivity contribution in [2.24, 2.45) is 5.84 Å². The van der Waals surface area contributed by atoms with Crippen molar-refractivity contribution in [3.63, 3.8) is 0 Å². The van der Waals surface area contributed by atoms with Crippen LogP contribution >= 0.6 is 0 Å². The van der Waals surface area contributed by atoms with Crippen molar-refractivity contribution in [3.8, 4) is 5.75 Å². The van der Waals surface area contributed by atoms with Crippen LogP contribution in [-0.4, -0.2) is 7.11 Å². The maximum Gasteiger partial charge on any atom is 0.168 e. The molecule has 1 aromatic carbocycles. The summed E-state index contributed by atoms with van der Waals surface area (Å²) in [6.45, 7) is 1.85. The fourth-order valence-electron chi connectivity index (χ4n) is 1.97. The van der Waals surface area contributed by atoms with Crippen molar-refractivity contribution < 1.29 is 13.5 Å². The summed E-state index contributed by atoms with van der Waals surface area (Å²) in [5.41, 5.74) is 3.17. The van der Waals surface area contributed by atoms with Crippen molar-refractivity contribution in [3.05, 3.63) is 53.2 Å². The molecule has 0 aliphatic heterocycles. The largest absolute Gasteiger partial charge is 0.494 e. The fraction of sp³-hybridized carbons (Fsp3) is 0.286. The Labute approximate surface area is 111 Å². The standard InChI is InChI=1S/C14H17FN2O2/c1-9-6-7-12(19-9)11(17-16)8-10-4-3-5-13(18-2)14(10)15/h3-7,11,17H,8,16H2,1-2H3. The van der Waals surface area contributed by atoms with E-state index >= 15 is 0 Å². The van der Waals surface area contributed by atoms with Gasteiger partial charge < -0.3 is 9.15 Å². The quantitative estimate of drug-likeness (QED) is 0.643. The highest BCUT2D eigenvalue weighted by Crippen LogP contribution is 2.25. The van der Waals surface area contributed by atoms with Gasteiger partial charge in [-0.2, -0.15) is 0 Å². The van der Waals surface area contributed by atoms with E-state index in [0.717, 1.165) is 5.76 Å². The Bertz CT molecular complexity index is 554. The van der Waals surface area contributed by atoms with E-state index < -0.39 is 0 Å². The van der Waals surface area contributed by atoms with Crippen LogP contribution in [0.4, 0.5) is 4.39 Å². The zero-order valence-corrected chi connectivity index (χ0v) is 10.9. The van der Waals surface area contributed by atoms with E-state index in [4.69, 9.17) is 15.0 Å². The van der Waals surface area contributed by atoms with Crippen LogP contribution in [0.2, 0.25) is 0 Å². The first-order chi connectivity index (χ1) is 9.15. The fourth-order valence-corrected chi connectivity index (χ4v) is 1.97. The second kappa shape index (κ2) is 5.86.